The second kappa shape index (κ2) is 11.9. The Balaban J connectivity index is 1.50. The second-order valence-electron chi connectivity index (χ2n) is 6.85. The molecule has 2 N–H and O–H groups in total. The largest absolute Gasteiger partial charge is 0.493 e. The molecule has 0 aliphatic heterocycles. The molecule has 0 heterocycles. The Bertz CT molecular complexity index is 1130. The molecule has 0 saturated heterocycles. The number of hydrogen-bond donors (Lipinski definition) is 2. The van der Waals surface area contributed by atoms with Gasteiger partial charge in [0.05, 0.1) is 13.3 Å². The van der Waals surface area contributed by atoms with Gasteiger partial charge in [0, 0.05) is 15.7 Å². The predicted molar refractivity (Wildman–Crippen MR) is 129 cm³/mol. The number of hydrogen-bond acceptors (Lipinski definition) is 5. The van der Waals surface area contributed by atoms with Gasteiger partial charge in [-0.15, -0.1) is 0 Å². The standard InChI is InChI=1S/C24H21Cl2N3O4/c1-32-22-12-17(4-11-21(22)33-15-16-2-5-18(25)6-3-16)14-27-29-24(31)13-23(30)28-20-9-7-19(26)8-10-20/h2-12,14H,13,15H2,1H3,(H,28,30)(H,29,31). The highest BCUT2D eigenvalue weighted by Crippen LogP contribution is 2.28. The number of benzene rings is 3. The molecule has 0 fully saturated rings. The molecule has 3 rings (SSSR count). The summed E-state index contributed by atoms with van der Waals surface area (Å²) in [5.41, 5.74) is 4.52. The van der Waals surface area contributed by atoms with E-state index in [1.807, 2.05) is 12.1 Å². The van der Waals surface area contributed by atoms with Crippen LogP contribution >= 0.6 is 23.2 Å². The van der Waals surface area contributed by atoms with Crippen LogP contribution in [0.3, 0.4) is 0 Å². The lowest BCUT2D eigenvalue weighted by Gasteiger charge is -2.11. The number of nitrogens with one attached hydrogen (secondary N) is 2. The zero-order chi connectivity index (χ0) is 23.6. The summed E-state index contributed by atoms with van der Waals surface area (Å²) < 4.78 is 11.2. The van der Waals surface area contributed by atoms with Crippen molar-refractivity contribution in [1.82, 2.24) is 5.43 Å². The molecule has 0 aromatic heterocycles. The van der Waals surface area contributed by atoms with E-state index in [1.165, 1.54) is 13.3 Å². The number of rotatable bonds is 9. The van der Waals surface area contributed by atoms with Gasteiger partial charge in [-0.25, -0.2) is 5.43 Å². The zero-order valence-electron chi connectivity index (χ0n) is 17.7. The van der Waals surface area contributed by atoms with Crippen molar-refractivity contribution in [3.63, 3.8) is 0 Å². The first kappa shape index (κ1) is 24.1. The molecule has 0 radical (unpaired) electrons. The average molecular weight is 486 g/mol. The molecule has 33 heavy (non-hydrogen) atoms. The third kappa shape index (κ3) is 7.82. The highest BCUT2D eigenvalue weighted by molar-refractivity contribution is 6.30. The lowest BCUT2D eigenvalue weighted by Crippen LogP contribution is -2.24. The van der Waals surface area contributed by atoms with Crippen LogP contribution < -0.4 is 20.2 Å². The van der Waals surface area contributed by atoms with E-state index in [-0.39, 0.29) is 6.42 Å². The first-order chi connectivity index (χ1) is 15.9. The van der Waals surface area contributed by atoms with E-state index < -0.39 is 11.8 Å². The SMILES string of the molecule is COc1cc(C=NNC(=O)CC(=O)Nc2ccc(Cl)cc2)ccc1OCc1ccc(Cl)cc1. The van der Waals surface area contributed by atoms with Gasteiger partial charge in [-0.1, -0.05) is 35.3 Å². The number of nitrogens with zero attached hydrogens (tertiary/aromatic N) is 1. The summed E-state index contributed by atoms with van der Waals surface area (Å²) in [5.74, 6) is 0.0653. The van der Waals surface area contributed by atoms with Gasteiger partial charge in [-0.3, -0.25) is 9.59 Å². The van der Waals surface area contributed by atoms with Crippen molar-refractivity contribution in [2.75, 3.05) is 12.4 Å². The van der Waals surface area contributed by atoms with Crippen LogP contribution in [0.5, 0.6) is 11.5 Å². The number of halogens is 2. The Morgan fingerprint density at radius 3 is 2.24 bits per heavy atom. The second-order valence-corrected chi connectivity index (χ2v) is 7.72. The number of carbonyl (C=O) groups is 2. The maximum atomic E-state index is 11.9. The minimum atomic E-state index is -0.549. The van der Waals surface area contributed by atoms with E-state index in [0.717, 1.165) is 5.56 Å². The Kier molecular flexibility index (Phi) is 8.69. The van der Waals surface area contributed by atoms with E-state index in [0.29, 0.717) is 39.4 Å². The van der Waals surface area contributed by atoms with Crippen LogP contribution in [0, 0.1) is 0 Å². The van der Waals surface area contributed by atoms with Gasteiger partial charge in [-0.05, 0) is 65.7 Å². The van der Waals surface area contributed by atoms with E-state index >= 15 is 0 Å². The maximum absolute atomic E-state index is 11.9. The van der Waals surface area contributed by atoms with E-state index in [2.05, 4.69) is 15.8 Å². The van der Waals surface area contributed by atoms with Crippen LogP contribution in [0.25, 0.3) is 0 Å². The van der Waals surface area contributed by atoms with E-state index in [9.17, 15) is 9.59 Å². The van der Waals surface area contributed by atoms with Crippen LogP contribution in [0.1, 0.15) is 17.5 Å². The highest BCUT2D eigenvalue weighted by Gasteiger charge is 2.09. The summed E-state index contributed by atoms with van der Waals surface area (Å²) in [4.78, 5) is 23.9. The lowest BCUT2D eigenvalue weighted by atomic mass is 10.2. The number of ether oxygens (including phenoxy) is 2. The quantitative estimate of drug-likeness (QED) is 0.251. The summed E-state index contributed by atoms with van der Waals surface area (Å²) in [7, 11) is 1.53. The molecule has 2 amide bonds. The van der Waals surface area contributed by atoms with Crippen molar-refractivity contribution >= 4 is 46.9 Å². The average Bonchev–Trinajstić information content (AvgIpc) is 2.80. The fourth-order valence-corrected chi connectivity index (χ4v) is 2.98. The molecule has 0 atom stereocenters. The van der Waals surface area contributed by atoms with Gasteiger partial charge in [0.15, 0.2) is 11.5 Å². The molecule has 3 aromatic rings. The number of carbonyl (C=O) groups excluding carboxylic acids is 2. The Labute approximate surface area is 201 Å². The Hall–Kier alpha value is -3.55. The van der Waals surface area contributed by atoms with Crippen molar-refractivity contribution < 1.29 is 19.1 Å². The fraction of sp³-hybridized carbons (Fsp3) is 0.125. The monoisotopic (exact) mass is 485 g/mol. The third-order valence-electron chi connectivity index (χ3n) is 4.35. The zero-order valence-corrected chi connectivity index (χ0v) is 19.2. The molecule has 0 saturated carbocycles. The number of anilines is 1. The smallest absolute Gasteiger partial charge is 0.249 e. The molecule has 170 valence electrons. The summed E-state index contributed by atoms with van der Waals surface area (Å²) >= 11 is 11.7. The number of hydrazone groups is 1. The van der Waals surface area contributed by atoms with Gasteiger partial charge in [0.25, 0.3) is 0 Å². The normalized spacial score (nSPS) is 10.6. The lowest BCUT2D eigenvalue weighted by molar-refractivity contribution is -0.126. The predicted octanol–water partition coefficient (Wildman–Crippen LogP) is 5.06. The van der Waals surface area contributed by atoms with Crippen molar-refractivity contribution in [2.24, 2.45) is 5.10 Å². The van der Waals surface area contributed by atoms with Crippen LogP contribution in [0.4, 0.5) is 5.69 Å². The molecule has 7 nitrogen and oxygen atoms in total. The number of amides is 2. The van der Waals surface area contributed by atoms with Crippen molar-refractivity contribution in [3.05, 3.63) is 87.9 Å². The van der Waals surface area contributed by atoms with Gasteiger partial charge < -0.3 is 14.8 Å². The molecule has 0 aliphatic rings. The summed E-state index contributed by atoms with van der Waals surface area (Å²) in [6.45, 7) is 0.356. The third-order valence-corrected chi connectivity index (χ3v) is 4.85. The molecule has 3 aromatic carbocycles. The van der Waals surface area contributed by atoms with Gasteiger partial charge in [0.2, 0.25) is 11.8 Å². The minimum Gasteiger partial charge on any atom is -0.493 e. The summed E-state index contributed by atoms with van der Waals surface area (Å²) in [6.07, 6.45) is 1.07. The van der Waals surface area contributed by atoms with Crippen molar-refractivity contribution in [2.45, 2.75) is 13.0 Å². The Morgan fingerprint density at radius 2 is 1.58 bits per heavy atom. The van der Waals surface area contributed by atoms with Crippen LogP contribution in [0.15, 0.2) is 71.8 Å². The molecule has 0 aliphatic carbocycles. The van der Waals surface area contributed by atoms with Crippen LogP contribution in [-0.4, -0.2) is 25.1 Å². The summed E-state index contributed by atoms with van der Waals surface area (Å²) in [6, 6.07) is 19.2. The fourth-order valence-electron chi connectivity index (χ4n) is 2.73. The molecule has 9 heteroatoms. The molecular weight excluding hydrogens is 465 g/mol. The molecular formula is C24H21Cl2N3O4. The molecule has 0 spiro atoms. The van der Waals surface area contributed by atoms with Gasteiger partial charge in [0.1, 0.15) is 13.0 Å². The molecule has 0 unspecified atom stereocenters. The van der Waals surface area contributed by atoms with E-state index in [1.54, 1.807) is 54.6 Å². The summed E-state index contributed by atoms with van der Waals surface area (Å²) in [5, 5.41) is 7.71. The first-order valence-corrected chi connectivity index (χ1v) is 10.6. The first-order valence-electron chi connectivity index (χ1n) is 9.85. The highest BCUT2D eigenvalue weighted by atomic mass is 35.5. The van der Waals surface area contributed by atoms with Gasteiger partial charge >= 0.3 is 0 Å². The van der Waals surface area contributed by atoms with Crippen molar-refractivity contribution in [3.8, 4) is 11.5 Å². The van der Waals surface area contributed by atoms with Crippen molar-refractivity contribution in [1.29, 1.82) is 0 Å². The topological polar surface area (TPSA) is 89.0 Å². The minimum absolute atomic E-state index is 0.356. The maximum Gasteiger partial charge on any atom is 0.249 e. The Morgan fingerprint density at radius 1 is 0.909 bits per heavy atom. The van der Waals surface area contributed by atoms with E-state index in [4.69, 9.17) is 32.7 Å². The number of methoxy groups -OCH3 is 1. The molecule has 0 bridgehead atoms. The van der Waals surface area contributed by atoms with Crippen LogP contribution in [0.2, 0.25) is 10.0 Å². The van der Waals surface area contributed by atoms with Gasteiger partial charge in [-0.2, -0.15) is 5.10 Å². The van der Waals surface area contributed by atoms with Crippen LogP contribution in [-0.2, 0) is 16.2 Å².